The number of likely N-dealkylation sites (N-methyl/N-ethyl adjacent to an activating group) is 1. The van der Waals surface area contributed by atoms with E-state index in [1.54, 1.807) is 19.5 Å². The van der Waals surface area contributed by atoms with Crippen molar-refractivity contribution in [2.24, 2.45) is 0 Å². The van der Waals surface area contributed by atoms with E-state index in [0.29, 0.717) is 5.88 Å². The smallest absolute Gasteiger partial charge is 0.237 e. The van der Waals surface area contributed by atoms with E-state index in [-0.39, 0.29) is 11.6 Å². The van der Waals surface area contributed by atoms with Crippen molar-refractivity contribution >= 4 is 0 Å². The van der Waals surface area contributed by atoms with Gasteiger partial charge in [-0.05, 0) is 19.4 Å². The number of nitrogens with one attached hydrogen (secondary N) is 1. The van der Waals surface area contributed by atoms with Gasteiger partial charge in [0, 0.05) is 19.5 Å². The van der Waals surface area contributed by atoms with Crippen LogP contribution in [0.25, 0.3) is 0 Å². The molecule has 1 unspecified atom stereocenters. The fourth-order valence-electron chi connectivity index (χ4n) is 3.36. The SMILES string of the molecule is CCNC(c1nccnc1OC)C1(OC)CCCCCC1. The van der Waals surface area contributed by atoms with E-state index < -0.39 is 0 Å². The third-order valence-corrected chi connectivity index (χ3v) is 4.45. The second kappa shape index (κ2) is 7.71. The zero-order valence-electron chi connectivity index (χ0n) is 13.4. The summed E-state index contributed by atoms with van der Waals surface area (Å²) in [6, 6.07) is 0.00856. The summed E-state index contributed by atoms with van der Waals surface area (Å²) in [6.07, 6.45) is 10.4. The highest BCUT2D eigenvalue weighted by atomic mass is 16.5. The predicted molar refractivity (Wildman–Crippen MR) is 82.4 cm³/mol. The van der Waals surface area contributed by atoms with Gasteiger partial charge in [0.25, 0.3) is 0 Å². The lowest BCUT2D eigenvalue weighted by Crippen LogP contribution is -2.46. The molecule has 1 saturated carbocycles. The van der Waals surface area contributed by atoms with Crippen LogP contribution in [0.1, 0.15) is 57.2 Å². The predicted octanol–water partition coefficient (Wildman–Crippen LogP) is 2.88. The topological polar surface area (TPSA) is 56.3 Å². The zero-order chi connectivity index (χ0) is 15.1. The minimum absolute atomic E-state index is 0.00856. The lowest BCUT2D eigenvalue weighted by Gasteiger charge is -2.39. The van der Waals surface area contributed by atoms with Crippen LogP contribution in [0.2, 0.25) is 0 Å². The molecule has 0 bridgehead atoms. The maximum Gasteiger partial charge on any atom is 0.237 e. The fourth-order valence-corrected chi connectivity index (χ4v) is 3.36. The first-order valence-corrected chi connectivity index (χ1v) is 7.91. The standard InChI is InChI=1S/C16H27N3O2/c1-4-17-14(13-15(20-2)19-12-11-18-13)16(21-3)9-7-5-6-8-10-16/h11-12,14,17H,4-10H2,1-3H3. The number of nitrogens with zero attached hydrogens (tertiary/aromatic N) is 2. The maximum atomic E-state index is 6.04. The van der Waals surface area contributed by atoms with Crippen LogP contribution in [-0.4, -0.2) is 36.3 Å². The van der Waals surface area contributed by atoms with Crippen LogP contribution in [-0.2, 0) is 4.74 Å². The molecule has 5 heteroatoms. The molecule has 1 atom stereocenters. The molecule has 5 nitrogen and oxygen atoms in total. The molecule has 1 aromatic heterocycles. The molecular formula is C16H27N3O2. The lowest BCUT2D eigenvalue weighted by molar-refractivity contribution is -0.0553. The van der Waals surface area contributed by atoms with Crippen LogP contribution in [0.4, 0.5) is 0 Å². The monoisotopic (exact) mass is 293 g/mol. The van der Waals surface area contributed by atoms with Crippen molar-refractivity contribution in [1.29, 1.82) is 0 Å². The molecule has 1 aliphatic carbocycles. The highest BCUT2D eigenvalue weighted by Gasteiger charge is 2.42. The van der Waals surface area contributed by atoms with E-state index >= 15 is 0 Å². The molecule has 1 heterocycles. The molecule has 0 saturated heterocycles. The summed E-state index contributed by atoms with van der Waals surface area (Å²) in [5, 5.41) is 3.56. The number of ether oxygens (including phenoxy) is 2. The van der Waals surface area contributed by atoms with Crippen molar-refractivity contribution in [3.05, 3.63) is 18.1 Å². The Morgan fingerprint density at radius 1 is 1.14 bits per heavy atom. The number of hydrogen-bond acceptors (Lipinski definition) is 5. The van der Waals surface area contributed by atoms with Crippen molar-refractivity contribution in [2.75, 3.05) is 20.8 Å². The largest absolute Gasteiger partial charge is 0.480 e. The normalized spacial score (nSPS) is 19.8. The van der Waals surface area contributed by atoms with Gasteiger partial charge in [0.1, 0.15) is 5.69 Å². The van der Waals surface area contributed by atoms with Gasteiger partial charge >= 0.3 is 0 Å². The Kier molecular flexibility index (Phi) is 5.94. The van der Waals surface area contributed by atoms with E-state index in [1.165, 1.54) is 25.7 Å². The number of rotatable bonds is 6. The van der Waals surface area contributed by atoms with Gasteiger partial charge in [-0.2, -0.15) is 0 Å². The van der Waals surface area contributed by atoms with Gasteiger partial charge in [0.15, 0.2) is 0 Å². The van der Waals surface area contributed by atoms with Gasteiger partial charge in [-0.3, -0.25) is 4.98 Å². The summed E-state index contributed by atoms with van der Waals surface area (Å²) >= 11 is 0. The lowest BCUT2D eigenvalue weighted by atomic mass is 9.84. The first kappa shape index (κ1) is 16.2. The minimum Gasteiger partial charge on any atom is -0.480 e. The number of methoxy groups -OCH3 is 2. The second-order valence-electron chi connectivity index (χ2n) is 5.62. The molecule has 0 amide bonds. The van der Waals surface area contributed by atoms with E-state index in [9.17, 15) is 0 Å². The van der Waals surface area contributed by atoms with Crippen molar-refractivity contribution in [3.63, 3.8) is 0 Å². The average Bonchev–Trinajstić information content (AvgIpc) is 2.79. The summed E-state index contributed by atoms with van der Waals surface area (Å²) in [5.74, 6) is 0.587. The van der Waals surface area contributed by atoms with Gasteiger partial charge in [0.05, 0.1) is 18.8 Å². The van der Waals surface area contributed by atoms with Crippen LogP contribution in [0.15, 0.2) is 12.4 Å². The quantitative estimate of drug-likeness (QED) is 0.817. The van der Waals surface area contributed by atoms with Crippen LogP contribution in [0.3, 0.4) is 0 Å². The van der Waals surface area contributed by atoms with Gasteiger partial charge < -0.3 is 14.8 Å². The summed E-state index contributed by atoms with van der Waals surface area (Å²) in [7, 11) is 3.46. The van der Waals surface area contributed by atoms with Gasteiger partial charge in [-0.15, -0.1) is 0 Å². The molecule has 118 valence electrons. The van der Waals surface area contributed by atoms with Crippen molar-refractivity contribution < 1.29 is 9.47 Å². The molecule has 21 heavy (non-hydrogen) atoms. The summed E-state index contributed by atoms with van der Waals surface area (Å²) in [6.45, 7) is 2.96. The fraction of sp³-hybridized carbons (Fsp3) is 0.750. The molecule has 0 radical (unpaired) electrons. The van der Waals surface area contributed by atoms with Crippen LogP contribution >= 0.6 is 0 Å². The first-order valence-electron chi connectivity index (χ1n) is 7.91. The van der Waals surface area contributed by atoms with Crippen LogP contribution in [0, 0.1) is 0 Å². The Labute approximate surface area is 127 Å². The zero-order valence-corrected chi connectivity index (χ0v) is 13.4. The Morgan fingerprint density at radius 3 is 2.38 bits per heavy atom. The van der Waals surface area contributed by atoms with Crippen molar-refractivity contribution in [3.8, 4) is 5.88 Å². The molecular weight excluding hydrogens is 266 g/mol. The average molecular weight is 293 g/mol. The maximum absolute atomic E-state index is 6.04. The number of hydrogen-bond donors (Lipinski definition) is 1. The summed E-state index contributed by atoms with van der Waals surface area (Å²) in [5.41, 5.74) is 0.626. The number of aromatic nitrogens is 2. The van der Waals surface area contributed by atoms with Gasteiger partial charge in [-0.1, -0.05) is 32.6 Å². The molecule has 2 rings (SSSR count). The first-order chi connectivity index (χ1) is 10.3. The van der Waals surface area contributed by atoms with Crippen molar-refractivity contribution in [2.45, 2.75) is 57.1 Å². The molecule has 0 aliphatic heterocycles. The third-order valence-electron chi connectivity index (χ3n) is 4.45. The van der Waals surface area contributed by atoms with Crippen LogP contribution in [0.5, 0.6) is 5.88 Å². The van der Waals surface area contributed by atoms with Gasteiger partial charge in [0.2, 0.25) is 5.88 Å². The Morgan fingerprint density at radius 2 is 1.81 bits per heavy atom. The highest BCUT2D eigenvalue weighted by Crippen LogP contribution is 2.41. The summed E-state index contributed by atoms with van der Waals surface area (Å²) in [4.78, 5) is 8.84. The second-order valence-corrected chi connectivity index (χ2v) is 5.62. The highest BCUT2D eigenvalue weighted by molar-refractivity contribution is 5.24. The van der Waals surface area contributed by atoms with Gasteiger partial charge in [-0.25, -0.2) is 4.98 Å². The minimum atomic E-state index is -0.226. The van der Waals surface area contributed by atoms with E-state index in [0.717, 1.165) is 25.1 Å². The summed E-state index contributed by atoms with van der Waals surface area (Å²) < 4.78 is 11.5. The Hall–Kier alpha value is -1.20. The molecule has 1 aliphatic rings. The molecule has 0 aromatic carbocycles. The molecule has 0 spiro atoms. The van der Waals surface area contributed by atoms with E-state index in [2.05, 4.69) is 22.2 Å². The van der Waals surface area contributed by atoms with Crippen LogP contribution < -0.4 is 10.1 Å². The Bertz CT molecular complexity index is 431. The van der Waals surface area contributed by atoms with Crippen molar-refractivity contribution in [1.82, 2.24) is 15.3 Å². The van der Waals surface area contributed by atoms with E-state index in [4.69, 9.17) is 9.47 Å². The van der Waals surface area contributed by atoms with E-state index in [1.807, 2.05) is 7.11 Å². The molecule has 1 aromatic rings. The molecule has 1 N–H and O–H groups in total. The Balaban J connectivity index is 2.39. The third kappa shape index (κ3) is 3.52. The molecule has 1 fully saturated rings.